The molecule has 4 aromatic rings. The second-order valence-corrected chi connectivity index (χ2v) is 8.23. The zero-order chi connectivity index (χ0) is 23.5. The number of benzene rings is 3. The van der Waals surface area contributed by atoms with Gasteiger partial charge in [-0.25, -0.2) is 14.2 Å². The largest absolute Gasteiger partial charge is 0.339 e. The van der Waals surface area contributed by atoms with Crippen molar-refractivity contribution in [2.75, 3.05) is 21.3 Å². The van der Waals surface area contributed by atoms with Gasteiger partial charge in [-0.3, -0.25) is 0 Å². The minimum Gasteiger partial charge on any atom is -0.339 e. The molecule has 2 amide bonds. The van der Waals surface area contributed by atoms with E-state index >= 15 is 0 Å². The van der Waals surface area contributed by atoms with E-state index in [0.717, 1.165) is 29.7 Å². The van der Waals surface area contributed by atoms with Crippen LogP contribution < -0.4 is 21.3 Å². The second kappa shape index (κ2) is 9.36. The normalized spacial score (nSPS) is 12.2. The molecule has 170 valence electrons. The van der Waals surface area contributed by atoms with Crippen LogP contribution in [0.15, 0.2) is 72.9 Å². The summed E-state index contributed by atoms with van der Waals surface area (Å²) in [5.74, 6) is 0.319. The average Bonchev–Trinajstić information content (AvgIpc) is 2.81. The van der Waals surface area contributed by atoms with Gasteiger partial charge in [0.2, 0.25) is 5.95 Å². The van der Waals surface area contributed by atoms with Crippen LogP contribution in [0.1, 0.15) is 11.1 Å². The van der Waals surface area contributed by atoms with E-state index in [2.05, 4.69) is 37.3 Å². The fourth-order valence-electron chi connectivity index (χ4n) is 3.70. The molecule has 0 saturated heterocycles. The molecule has 0 aliphatic carbocycles. The van der Waals surface area contributed by atoms with Crippen molar-refractivity contribution < 1.29 is 9.18 Å². The van der Waals surface area contributed by atoms with Crippen LogP contribution in [0.4, 0.5) is 43.7 Å². The minimum absolute atomic E-state index is 0.0978. The Labute approximate surface area is 200 Å². The van der Waals surface area contributed by atoms with Crippen molar-refractivity contribution in [3.63, 3.8) is 0 Å². The van der Waals surface area contributed by atoms with E-state index < -0.39 is 11.8 Å². The van der Waals surface area contributed by atoms with Crippen LogP contribution in [0.2, 0.25) is 5.02 Å². The molecule has 0 unspecified atom stereocenters. The van der Waals surface area contributed by atoms with Gasteiger partial charge in [0.25, 0.3) is 0 Å². The quantitative estimate of drug-likeness (QED) is 0.266. The molecule has 5 rings (SSSR count). The number of carbonyl (C=O) groups is 1. The van der Waals surface area contributed by atoms with Crippen LogP contribution in [0, 0.1) is 5.82 Å². The topological polar surface area (TPSA) is 91.0 Å². The van der Waals surface area contributed by atoms with Gasteiger partial charge in [-0.05, 0) is 66.4 Å². The molecule has 0 radical (unpaired) electrons. The number of nitrogens with one attached hydrogen (secondary N) is 4. The number of carbonyl (C=O) groups excluding carboxylic acids is 1. The van der Waals surface area contributed by atoms with Gasteiger partial charge < -0.3 is 21.3 Å². The number of aryl methyl sites for hydroxylation is 2. The lowest BCUT2D eigenvalue weighted by atomic mass is 10.0. The fraction of sp³-hybridized carbons (Fsp3) is 0.0800. The van der Waals surface area contributed by atoms with Gasteiger partial charge in [0, 0.05) is 17.1 Å². The van der Waals surface area contributed by atoms with Crippen LogP contribution in [-0.4, -0.2) is 16.0 Å². The van der Waals surface area contributed by atoms with Crippen LogP contribution in [0.5, 0.6) is 0 Å². The van der Waals surface area contributed by atoms with Gasteiger partial charge in [0.1, 0.15) is 10.8 Å². The van der Waals surface area contributed by atoms with E-state index in [1.165, 1.54) is 18.3 Å². The van der Waals surface area contributed by atoms with E-state index in [-0.39, 0.29) is 5.69 Å². The van der Waals surface area contributed by atoms with Crippen LogP contribution in [-0.2, 0) is 12.8 Å². The molecule has 1 aromatic heterocycles. The Morgan fingerprint density at radius 1 is 0.912 bits per heavy atom. The van der Waals surface area contributed by atoms with E-state index in [9.17, 15) is 9.18 Å². The first-order chi connectivity index (χ1) is 16.5. The van der Waals surface area contributed by atoms with Crippen LogP contribution >= 0.6 is 11.6 Å². The second-order valence-electron chi connectivity index (χ2n) is 7.82. The van der Waals surface area contributed by atoms with Crippen molar-refractivity contribution in [3.8, 4) is 0 Å². The van der Waals surface area contributed by atoms with Gasteiger partial charge >= 0.3 is 6.03 Å². The van der Waals surface area contributed by atoms with Crippen LogP contribution in [0.3, 0.4) is 0 Å². The molecule has 34 heavy (non-hydrogen) atoms. The molecule has 3 aromatic carbocycles. The summed E-state index contributed by atoms with van der Waals surface area (Å²) in [6, 6.07) is 19.1. The molecule has 0 spiro atoms. The number of nitrogens with zero attached hydrogens (tertiary/aromatic N) is 2. The predicted molar refractivity (Wildman–Crippen MR) is 133 cm³/mol. The number of hydrogen-bond donors (Lipinski definition) is 4. The summed E-state index contributed by atoms with van der Waals surface area (Å²) in [6.07, 6.45) is 3.05. The highest BCUT2D eigenvalue weighted by Gasteiger charge is 2.12. The van der Waals surface area contributed by atoms with Crippen molar-refractivity contribution in [1.82, 2.24) is 9.97 Å². The Bertz CT molecular complexity index is 1380. The van der Waals surface area contributed by atoms with Gasteiger partial charge in [-0.1, -0.05) is 35.9 Å². The maximum Gasteiger partial charge on any atom is 0.323 e. The lowest BCUT2D eigenvalue weighted by molar-refractivity contribution is 0.262. The molecule has 4 N–H and O–H groups in total. The van der Waals surface area contributed by atoms with Crippen molar-refractivity contribution >= 4 is 52.1 Å². The molecule has 1 aliphatic rings. The Kier molecular flexibility index (Phi) is 5.97. The maximum atomic E-state index is 13.9. The number of urea groups is 1. The molecule has 0 atom stereocenters. The first-order valence-electron chi connectivity index (χ1n) is 10.6. The molecular formula is C25H20ClFN6O. The summed E-state index contributed by atoms with van der Waals surface area (Å²) in [5, 5.41) is 12.1. The molecule has 2 heterocycles. The van der Waals surface area contributed by atoms with Crippen molar-refractivity contribution in [1.29, 1.82) is 0 Å². The molecule has 7 nitrogen and oxygen atoms in total. The highest BCUT2D eigenvalue weighted by Crippen LogP contribution is 2.29. The number of aromatic nitrogens is 2. The summed E-state index contributed by atoms with van der Waals surface area (Å²) in [7, 11) is 0. The third kappa shape index (κ3) is 5.07. The maximum absolute atomic E-state index is 13.9. The van der Waals surface area contributed by atoms with E-state index in [4.69, 9.17) is 11.6 Å². The van der Waals surface area contributed by atoms with Crippen LogP contribution in [0.25, 0.3) is 0 Å². The Hall–Kier alpha value is -4.17. The number of anilines is 6. The number of hydrogen-bond acceptors (Lipinski definition) is 5. The SMILES string of the molecule is O=C(Nc1cc2cc(c1)Nc1nc(ncc1Cl)Nc1cccc(c1)CC2)Nc1ccccc1F. The van der Waals surface area contributed by atoms with Gasteiger partial charge in [0.05, 0.1) is 11.9 Å². The number of para-hydroxylation sites is 1. The average molecular weight is 475 g/mol. The molecule has 0 fully saturated rings. The summed E-state index contributed by atoms with van der Waals surface area (Å²) < 4.78 is 13.9. The lowest BCUT2D eigenvalue weighted by Gasteiger charge is -2.14. The number of fused-ring (bicyclic) bond motifs is 6. The molecule has 9 heteroatoms. The first-order valence-corrected chi connectivity index (χ1v) is 11.0. The standard InChI is InChI=1S/C25H20ClFN6O/c26-20-14-28-24-30-17-5-3-4-15(10-17)8-9-16-11-18(29-23(20)33-24)13-19(12-16)31-25(34)32-22-7-2-1-6-21(22)27/h1-7,10-14H,8-9H2,(H2,31,32,34)(H2,28,29,30,33). The lowest BCUT2D eigenvalue weighted by Crippen LogP contribution is -2.20. The Morgan fingerprint density at radius 3 is 2.62 bits per heavy atom. The highest BCUT2D eigenvalue weighted by molar-refractivity contribution is 6.32. The van der Waals surface area contributed by atoms with Crippen molar-refractivity contribution in [2.45, 2.75) is 12.8 Å². The minimum atomic E-state index is -0.551. The Morgan fingerprint density at radius 2 is 1.74 bits per heavy atom. The van der Waals surface area contributed by atoms with Gasteiger partial charge in [-0.2, -0.15) is 4.98 Å². The third-order valence-corrected chi connectivity index (χ3v) is 5.54. The van der Waals surface area contributed by atoms with Gasteiger partial charge in [0.15, 0.2) is 5.82 Å². The zero-order valence-electron chi connectivity index (χ0n) is 17.9. The predicted octanol–water partition coefficient (Wildman–Crippen LogP) is 6.50. The molecule has 0 saturated carbocycles. The molecule has 1 aliphatic heterocycles. The van der Waals surface area contributed by atoms with E-state index in [0.29, 0.717) is 28.2 Å². The Balaban J connectivity index is 1.47. The summed E-state index contributed by atoms with van der Waals surface area (Å²) in [6.45, 7) is 0. The molecule has 6 bridgehead atoms. The smallest absolute Gasteiger partial charge is 0.323 e. The van der Waals surface area contributed by atoms with Crippen molar-refractivity contribution in [3.05, 3.63) is 94.9 Å². The van der Waals surface area contributed by atoms with E-state index in [1.807, 2.05) is 30.3 Å². The van der Waals surface area contributed by atoms with Crippen molar-refractivity contribution in [2.24, 2.45) is 0 Å². The number of rotatable bonds is 2. The van der Waals surface area contributed by atoms with Gasteiger partial charge in [-0.15, -0.1) is 0 Å². The first kappa shape index (κ1) is 21.7. The van der Waals surface area contributed by atoms with E-state index in [1.54, 1.807) is 18.2 Å². The fourth-order valence-corrected chi connectivity index (χ4v) is 3.84. The number of amides is 2. The number of halogens is 2. The molecular weight excluding hydrogens is 455 g/mol. The monoisotopic (exact) mass is 474 g/mol. The summed E-state index contributed by atoms with van der Waals surface area (Å²) in [4.78, 5) is 21.3. The summed E-state index contributed by atoms with van der Waals surface area (Å²) >= 11 is 6.33. The third-order valence-electron chi connectivity index (χ3n) is 5.27. The zero-order valence-corrected chi connectivity index (χ0v) is 18.7. The highest BCUT2D eigenvalue weighted by atomic mass is 35.5. The summed E-state index contributed by atoms with van der Waals surface area (Å²) in [5.41, 5.74) is 4.35.